The van der Waals surface area contributed by atoms with Crippen LogP contribution in [-0.2, 0) is 4.79 Å². The number of unbranched alkanes of at least 4 members (excludes halogenated alkanes) is 2. The molecule has 0 aliphatic carbocycles. The molecular formula is C15H33NOS. The van der Waals surface area contributed by atoms with Gasteiger partial charge in [-0.05, 0) is 39.5 Å². The maximum atomic E-state index is 12.2. The minimum atomic E-state index is -0.0153. The van der Waals surface area contributed by atoms with Crippen LogP contribution in [0.1, 0.15) is 67.2 Å². The van der Waals surface area contributed by atoms with E-state index in [0.29, 0.717) is 12.2 Å². The second-order valence-electron chi connectivity index (χ2n) is 5.12. The number of carbonyl (C=O) groups is 1. The van der Waals surface area contributed by atoms with Crippen LogP contribution in [0.2, 0.25) is 0 Å². The third-order valence-electron chi connectivity index (χ3n) is 3.20. The third kappa shape index (κ3) is 7.42. The fraction of sp³-hybridized carbons (Fsp3) is 0.933. The van der Waals surface area contributed by atoms with E-state index in [2.05, 4.69) is 39.3 Å². The van der Waals surface area contributed by atoms with E-state index in [1.807, 2.05) is 0 Å². The van der Waals surface area contributed by atoms with Gasteiger partial charge in [-0.15, -0.1) is 0 Å². The summed E-state index contributed by atoms with van der Waals surface area (Å²) in [5.74, 6) is 0.377. The Bertz CT molecular complexity index is 217. The molecule has 0 aromatic rings. The average molecular weight is 276 g/mol. The summed E-state index contributed by atoms with van der Waals surface area (Å²) in [6, 6.07) is -0.00407. The van der Waals surface area contributed by atoms with Crippen molar-refractivity contribution in [1.29, 1.82) is 0 Å². The van der Waals surface area contributed by atoms with Crippen LogP contribution in [0.15, 0.2) is 0 Å². The zero-order chi connectivity index (χ0) is 13.3. The van der Waals surface area contributed by atoms with Gasteiger partial charge in [0.25, 0.3) is 0 Å². The molecule has 0 aliphatic rings. The first-order chi connectivity index (χ1) is 7.99. The van der Waals surface area contributed by atoms with Gasteiger partial charge in [-0.1, -0.05) is 34.1 Å². The molecule has 110 valence electrons. The quantitative estimate of drug-likeness (QED) is 0.603. The topological polar surface area (TPSA) is 29.1 Å². The summed E-state index contributed by atoms with van der Waals surface area (Å²) < 4.78 is -0.0153. The van der Waals surface area contributed by atoms with Crippen molar-refractivity contribution in [3.63, 3.8) is 0 Å². The highest BCUT2D eigenvalue weighted by Gasteiger charge is 2.33. The highest BCUT2D eigenvalue weighted by molar-refractivity contribution is 8.00. The van der Waals surface area contributed by atoms with E-state index in [-0.39, 0.29) is 18.2 Å². The van der Waals surface area contributed by atoms with Gasteiger partial charge in [0, 0.05) is 11.2 Å². The normalized spacial score (nSPS) is 12.9. The van der Waals surface area contributed by atoms with Crippen molar-refractivity contribution in [2.24, 2.45) is 0 Å². The molecule has 1 unspecified atom stereocenters. The van der Waals surface area contributed by atoms with Gasteiger partial charge in [-0.2, -0.15) is 11.8 Å². The van der Waals surface area contributed by atoms with Crippen LogP contribution >= 0.6 is 11.8 Å². The van der Waals surface area contributed by atoms with Crippen molar-refractivity contribution in [2.75, 3.05) is 12.8 Å². The number of rotatable bonds is 10. The lowest BCUT2D eigenvalue weighted by molar-refractivity contribution is -0.121. The van der Waals surface area contributed by atoms with Crippen LogP contribution in [0.25, 0.3) is 0 Å². The second-order valence-corrected chi connectivity index (χ2v) is 6.58. The molecule has 1 atom stereocenters. The average Bonchev–Trinajstić information content (AvgIpc) is 2.31. The molecule has 1 N–H and O–H groups in total. The van der Waals surface area contributed by atoms with Gasteiger partial charge >= 0.3 is 0 Å². The van der Waals surface area contributed by atoms with E-state index < -0.39 is 0 Å². The molecule has 3 heteroatoms. The van der Waals surface area contributed by atoms with E-state index in [1.54, 1.807) is 11.8 Å². The molecule has 0 rings (SSSR count). The van der Waals surface area contributed by atoms with Crippen molar-refractivity contribution in [2.45, 2.75) is 78.0 Å². The van der Waals surface area contributed by atoms with Crippen LogP contribution in [0, 0.1) is 0 Å². The summed E-state index contributed by atoms with van der Waals surface area (Å²) in [5, 5.41) is 3.45. The lowest BCUT2D eigenvalue weighted by Gasteiger charge is -2.32. The van der Waals surface area contributed by atoms with Gasteiger partial charge in [0.1, 0.15) is 0 Å². The maximum absolute atomic E-state index is 12.2. The van der Waals surface area contributed by atoms with E-state index in [9.17, 15) is 4.79 Å². The van der Waals surface area contributed by atoms with E-state index in [1.165, 1.54) is 6.42 Å². The first-order valence-electron chi connectivity index (χ1n) is 6.80. The maximum Gasteiger partial charge on any atom is 0.151 e. The Morgan fingerprint density at radius 2 is 1.78 bits per heavy atom. The number of carbonyl (C=O) groups excluding carboxylic acids is 1. The van der Waals surface area contributed by atoms with Gasteiger partial charge in [0.2, 0.25) is 0 Å². The van der Waals surface area contributed by atoms with Crippen LogP contribution in [0.5, 0.6) is 0 Å². The summed E-state index contributed by atoms with van der Waals surface area (Å²) in [6.07, 6.45) is 7.21. The van der Waals surface area contributed by atoms with Crippen molar-refractivity contribution in [3.05, 3.63) is 0 Å². The largest absolute Gasteiger partial charge is 0.306 e. The van der Waals surface area contributed by atoms with Crippen LogP contribution in [0.4, 0.5) is 0 Å². The van der Waals surface area contributed by atoms with Crippen LogP contribution < -0.4 is 5.32 Å². The molecular weight excluding hydrogens is 242 g/mol. The fourth-order valence-corrected chi connectivity index (χ4v) is 2.23. The van der Waals surface area contributed by atoms with Gasteiger partial charge in [0.05, 0.1) is 6.04 Å². The van der Waals surface area contributed by atoms with Gasteiger partial charge < -0.3 is 5.32 Å². The predicted octanol–water partition coefficient (Wildman–Crippen LogP) is 4.28. The standard InChI is InChI=1S/C14H29NOS.CH4/c1-6-8-10-12(16)13(14(3,4)17-5)15-11-9-7-2;/h13,15H,6-11H2,1-5H3;1H4. The smallest absolute Gasteiger partial charge is 0.151 e. The van der Waals surface area contributed by atoms with Crippen LogP contribution in [-0.4, -0.2) is 29.4 Å². The van der Waals surface area contributed by atoms with Crippen molar-refractivity contribution >= 4 is 17.5 Å². The molecule has 0 aromatic heterocycles. The SMILES string of the molecule is C.CCCCNC(C(=O)CCCC)C(C)(C)SC. The van der Waals surface area contributed by atoms with E-state index in [0.717, 1.165) is 25.8 Å². The summed E-state index contributed by atoms with van der Waals surface area (Å²) in [4.78, 5) is 12.2. The Morgan fingerprint density at radius 1 is 1.22 bits per heavy atom. The Kier molecular flexibility index (Phi) is 12.3. The first-order valence-corrected chi connectivity index (χ1v) is 8.03. The minimum absolute atomic E-state index is 0. The Hall–Kier alpha value is -0.0200. The Balaban J connectivity index is 0. The number of nitrogens with one attached hydrogen (secondary N) is 1. The van der Waals surface area contributed by atoms with Gasteiger partial charge in [0.15, 0.2) is 5.78 Å². The third-order valence-corrected chi connectivity index (χ3v) is 4.49. The predicted molar refractivity (Wildman–Crippen MR) is 85.6 cm³/mol. The lowest BCUT2D eigenvalue weighted by atomic mass is 9.95. The zero-order valence-corrected chi connectivity index (χ0v) is 13.0. The molecule has 0 fully saturated rings. The van der Waals surface area contributed by atoms with Gasteiger partial charge in [-0.3, -0.25) is 4.79 Å². The van der Waals surface area contributed by atoms with Crippen molar-refractivity contribution in [1.82, 2.24) is 5.32 Å². The molecule has 18 heavy (non-hydrogen) atoms. The second kappa shape index (κ2) is 10.9. The molecule has 0 radical (unpaired) electrons. The monoisotopic (exact) mass is 275 g/mol. The summed E-state index contributed by atoms with van der Waals surface area (Å²) >= 11 is 1.77. The molecule has 0 saturated carbocycles. The minimum Gasteiger partial charge on any atom is -0.306 e. The van der Waals surface area contributed by atoms with E-state index >= 15 is 0 Å². The molecule has 0 amide bonds. The number of hydrogen-bond donors (Lipinski definition) is 1. The number of thioether (sulfide) groups is 1. The summed E-state index contributed by atoms with van der Waals surface area (Å²) in [6.45, 7) is 9.57. The molecule has 0 spiro atoms. The number of Topliss-reactive ketones (excluding diaryl/α,β-unsaturated/α-hetero) is 1. The molecule has 0 heterocycles. The number of hydrogen-bond acceptors (Lipinski definition) is 3. The molecule has 0 aromatic carbocycles. The molecule has 0 saturated heterocycles. The molecule has 2 nitrogen and oxygen atoms in total. The van der Waals surface area contributed by atoms with Gasteiger partial charge in [-0.25, -0.2) is 0 Å². The Labute approximate surface area is 119 Å². The van der Waals surface area contributed by atoms with Crippen molar-refractivity contribution in [3.8, 4) is 0 Å². The highest BCUT2D eigenvalue weighted by Crippen LogP contribution is 2.27. The van der Waals surface area contributed by atoms with E-state index in [4.69, 9.17) is 0 Å². The van der Waals surface area contributed by atoms with Crippen LogP contribution in [0.3, 0.4) is 0 Å². The number of ketones is 1. The molecule has 0 bridgehead atoms. The highest BCUT2D eigenvalue weighted by atomic mass is 32.2. The molecule has 0 aliphatic heterocycles. The first kappa shape index (κ1) is 20.3. The Morgan fingerprint density at radius 3 is 2.22 bits per heavy atom. The fourth-order valence-electron chi connectivity index (χ4n) is 1.78. The zero-order valence-electron chi connectivity index (χ0n) is 12.1. The lowest BCUT2D eigenvalue weighted by Crippen LogP contribution is -2.50. The summed E-state index contributed by atoms with van der Waals surface area (Å²) in [5.41, 5.74) is 0. The van der Waals surface area contributed by atoms with Crippen molar-refractivity contribution < 1.29 is 4.79 Å². The summed E-state index contributed by atoms with van der Waals surface area (Å²) in [7, 11) is 0.